The van der Waals surface area contributed by atoms with Gasteiger partial charge in [0.15, 0.2) is 0 Å². The third-order valence-electron chi connectivity index (χ3n) is 3.82. The quantitative estimate of drug-likeness (QED) is 0.594. The van der Waals surface area contributed by atoms with E-state index in [4.69, 9.17) is 9.47 Å². The Morgan fingerprint density at radius 3 is 2.58 bits per heavy atom. The van der Waals surface area contributed by atoms with E-state index in [1.54, 1.807) is 0 Å². The highest BCUT2D eigenvalue weighted by Crippen LogP contribution is 2.31. The molecular formula is C18H24N2O4. The minimum absolute atomic E-state index is 0.346. The molecule has 1 aliphatic heterocycles. The van der Waals surface area contributed by atoms with Crippen molar-refractivity contribution in [2.75, 3.05) is 13.2 Å². The standard InChI is InChI=1S/C18H24N2O4/c1-4-6-11-24-17(21)15-12(3)19-18(22)20-16(15)13-7-9-14(10-8-13)23-5-2/h7-10,15-16H,3-6,11H2,1-2H3,(H2,19,20,22)/t15-,16+/m1/s1. The van der Waals surface area contributed by atoms with Crippen LogP contribution in [0.15, 0.2) is 36.5 Å². The molecule has 6 nitrogen and oxygen atoms in total. The summed E-state index contributed by atoms with van der Waals surface area (Å²) in [5.41, 5.74) is 1.14. The number of rotatable bonds is 7. The summed E-state index contributed by atoms with van der Waals surface area (Å²) in [6.07, 6.45) is 1.74. The molecule has 130 valence electrons. The third kappa shape index (κ3) is 4.28. The van der Waals surface area contributed by atoms with Crippen molar-refractivity contribution in [3.8, 4) is 5.75 Å². The highest BCUT2D eigenvalue weighted by Gasteiger charge is 2.38. The molecule has 0 aromatic heterocycles. The van der Waals surface area contributed by atoms with Gasteiger partial charge in [-0.05, 0) is 31.0 Å². The Morgan fingerprint density at radius 2 is 1.96 bits per heavy atom. The van der Waals surface area contributed by atoms with Crippen LogP contribution in [-0.2, 0) is 9.53 Å². The number of benzene rings is 1. The number of unbranched alkanes of at least 4 members (excludes halogenated alkanes) is 1. The Hall–Kier alpha value is -2.50. The number of amides is 2. The average Bonchev–Trinajstić information content (AvgIpc) is 2.55. The second kappa shape index (κ2) is 8.38. The first-order valence-electron chi connectivity index (χ1n) is 8.22. The van der Waals surface area contributed by atoms with Crippen molar-refractivity contribution in [1.82, 2.24) is 10.6 Å². The third-order valence-corrected chi connectivity index (χ3v) is 3.82. The number of carbonyl (C=O) groups excluding carboxylic acids is 2. The number of esters is 1. The number of carbonyl (C=O) groups is 2. The van der Waals surface area contributed by atoms with E-state index in [1.165, 1.54) is 0 Å². The molecule has 24 heavy (non-hydrogen) atoms. The van der Waals surface area contributed by atoms with Crippen LogP contribution in [0.4, 0.5) is 4.79 Å². The fourth-order valence-electron chi connectivity index (χ4n) is 2.58. The zero-order valence-electron chi connectivity index (χ0n) is 14.1. The van der Waals surface area contributed by atoms with Gasteiger partial charge in [-0.2, -0.15) is 0 Å². The number of urea groups is 1. The lowest BCUT2D eigenvalue weighted by molar-refractivity contribution is -0.148. The molecule has 2 atom stereocenters. The molecule has 1 fully saturated rings. The summed E-state index contributed by atoms with van der Waals surface area (Å²) in [6.45, 7) is 8.70. The number of ether oxygens (including phenoxy) is 2. The molecule has 0 unspecified atom stereocenters. The highest BCUT2D eigenvalue weighted by atomic mass is 16.5. The Morgan fingerprint density at radius 1 is 1.25 bits per heavy atom. The summed E-state index contributed by atoms with van der Waals surface area (Å²) in [4.78, 5) is 24.2. The van der Waals surface area contributed by atoms with Gasteiger partial charge in [-0.3, -0.25) is 4.79 Å². The van der Waals surface area contributed by atoms with Gasteiger partial charge in [-0.15, -0.1) is 0 Å². The maximum absolute atomic E-state index is 12.4. The van der Waals surface area contributed by atoms with Gasteiger partial charge >= 0.3 is 12.0 Å². The van der Waals surface area contributed by atoms with Gasteiger partial charge < -0.3 is 20.1 Å². The zero-order chi connectivity index (χ0) is 17.5. The van der Waals surface area contributed by atoms with Crippen LogP contribution in [0.1, 0.15) is 38.3 Å². The molecule has 1 aromatic rings. The molecule has 1 saturated heterocycles. The molecule has 1 aromatic carbocycles. The van der Waals surface area contributed by atoms with Crippen molar-refractivity contribution in [3.05, 3.63) is 42.1 Å². The van der Waals surface area contributed by atoms with E-state index < -0.39 is 12.0 Å². The fourth-order valence-corrected chi connectivity index (χ4v) is 2.58. The zero-order valence-corrected chi connectivity index (χ0v) is 14.1. The molecule has 6 heteroatoms. The Bertz CT molecular complexity index is 598. The molecule has 0 aliphatic carbocycles. The van der Waals surface area contributed by atoms with Gasteiger partial charge in [0.05, 0.1) is 19.3 Å². The molecule has 2 N–H and O–H groups in total. The van der Waals surface area contributed by atoms with E-state index in [1.807, 2.05) is 38.1 Å². The molecule has 1 aliphatic rings. The number of hydrogen-bond donors (Lipinski definition) is 2. The molecular weight excluding hydrogens is 308 g/mol. The summed E-state index contributed by atoms with van der Waals surface area (Å²) < 4.78 is 10.7. The van der Waals surface area contributed by atoms with Crippen LogP contribution in [0.2, 0.25) is 0 Å². The van der Waals surface area contributed by atoms with Crippen molar-refractivity contribution < 1.29 is 19.1 Å². The van der Waals surface area contributed by atoms with E-state index in [-0.39, 0.29) is 12.0 Å². The molecule has 2 amide bonds. The predicted octanol–water partition coefficient (Wildman–Crippen LogP) is 2.91. The van der Waals surface area contributed by atoms with Crippen molar-refractivity contribution in [2.24, 2.45) is 5.92 Å². The minimum Gasteiger partial charge on any atom is -0.494 e. The lowest BCUT2D eigenvalue weighted by atomic mass is 9.89. The Balaban J connectivity index is 2.19. The molecule has 0 spiro atoms. The minimum atomic E-state index is -0.669. The van der Waals surface area contributed by atoms with Gasteiger partial charge in [0.2, 0.25) is 0 Å². The maximum Gasteiger partial charge on any atom is 0.319 e. The molecule has 1 heterocycles. The number of nitrogens with one attached hydrogen (secondary N) is 2. The van der Waals surface area contributed by atoms with Crippen LogP contribution >= 0.6 is 0 Å². The monoisotopic (exact) mass is 332 g/mol. The van der Waals surface area contributed by atoms with E-state index in [9.17, 15) is 9.59 Å². The summed E-state index contributed by atoms with van der Waals surface area (Å²) in [7, 11) is 0. The van der Waals surface area contributed by atoms with Crippen LogP contribution < -0.4 is 15.4 Å². The normalized spacial score (nSPS) is 20.1. The predicted molar refractivity (Wildman–Crippen MR) is 90.5 cm³/mol. The summed E-state index contributed by atoms with van der Waals surface area (Å²) in [6, 6.07) is 6.40. The van der Waals surface area contributed by atoms with Crippen molar-refractivity contribution >= 4 is 12.0 Å². The molecule has 0 saturated carbocycles. The van der Waals surface area contributed by atoms with Crippen LogP contribution in [-0.4, -0.2) is 25.2 Å². The van der Waals surface area contributed by atoms with Crippen LogP contribution in [0.3, 0.4) is 0 Å². The van der Waals surface area contributed by atoms with Crippen molar-refractivity contribution in [2.45, 2.75) is 32.7 Å². The highest BCUT2D eigenvalue weighted by molar-refractivity contribution is 5.85. The van der Waals surface area contributed by atoms with E-state index in [0.717, 1.165) is 24.2 Å². The van der Waals surface area contributed by atoms with Crippen LogP contribution in [0.5, 0.6) is 5.75 Å². The largest absolute Gasteiger partial charge is 0.494 e. The van der Waals surface area contributed by atoms with Gasteiger partial charge in [-0.1, -0.05) is 32.1 Å². The van der Waals surface area contributed by atoms with Crippen LogP contribution in [0, 0.1) is 5.92 Å². The Kier molecular flexibility index (Phi) is 6.23. The molecule has 0 bridgehead atoms. The smallest absolute Gasteiger partial charge is 0.319 e. The maximum atomic E-state index is 12.4. The van der Waals surface area contributed by atoms with Gasteiger partial charge in [0, 0.05) is 5.70 Å². The van der Waals surface area contributed by atoms with E-state index in [2.05, 4.69) is 17.2 Å². The SMILES string of the molecule is C=C1NC(=O)N[C@@H](c2ccc(OCC)cc2)[C@@H]1C(=O)OCCCC. The first kappa shape index (κ1) is 17.8. The van der Waals surface area contributed by atoms with Crippen molar-refractivity contribution in [3.63, 3.8) is 0 Å². The van der Waals surface area contributed by atoms with Gasteiger partial charge in [0.1, 0.15) is 11.7 Å². The van der Waals surface area contributed by atoms with Crippen molar-refractivity contribution in [1.29, 1.82) is 0 Å². The second-order valence-corrected chi connectivity index (χ2v) is 5.60. The second-order valence-electron chi connectivity index (χ2n) is 5.60. The van der Waals surface area contributed by atoms with Crippen LogP contribution in [0.25, 0.3) is 0 Å². The van der Waals surface area contributed by atoms with E-state index in [0.29, 0.717) is 18.9 Å². The first-order chi connectivity index (χ1) is 11.6. The summed E-state index contributed by atoms with van der Waals surface area (Å²) in [5, 5.41) is 5.35. The van der Waals surface area contributed by atoms with Gasteiger partial charge in [-0.25, -0.2) is 4.79 Å². The molecule has 0 radical (unpaired) electrons. The lowest BCUT2D eigenvalue weighted by Crippen LogP contribution is -2.51. The first-order valence-corrected chi connectivity index (χ1v) is 8.22. The summed E-state index contributed by atoms with van der Waals surface area (Å²) in [5.74, 6) is -0.320. The van der Waals surface area contributed by atoms with Gasteiger partial charge in [0.25, 0.3) is 0 Å². The fraction of sp³-hybridized carbons (Fsp3) is 0.444. The summed E-state index contributed by atoms with van der Waals surface area (Å²) >= 11 is 0. The molecule has 2 rings (SSSR count). The van der Waals surface area contributed by atoms with E-state index >= 15 is 0 Å². The topological polar surface area (TPSA) is 76.7 Å². The number of hydrogen-bond acceptors (Lipinski definition) is 4. The average molecular weight is 332 g/mol. The lowest BCUT2D eigenvalue weighted by Gasteiger charge is -2.33. The Labute approximate surface area is 142 Å².